The number of fused-ring (bicyclic) bond motifs is 5. The second-order valence-electron chi connectivity index (χ2n) is 6.89. The van der Waals surface area contributed by atoms with E-state index in [9.17, 15) is 13.2 Å². The van der Waals surface area contributed by atoms with Gasteiger partial charge in [-0.05, 0) is 25.1 Å². The van der Waals surface area contributed by atoms with Crippen molar-refractivity contribution in [2.24, 2.45) is 0 Å². The lowest BCUT2D eigenvalue weighted by molar-refractivity contribution is -0.274. The minimum Gasteiger partial charge on any atom is -0.443 e. The van der Waals surface area contributed by atoms with E-state index in [4.69, 9.17) is 9.15 Å². The van der Waals surface area contributed by atoms with Gasteiger partial charge >= 0.3 is 6.36 Å². The quantitative estimate of drug-likeness (QED) is 0.429. The van der Waals surface area contributed by atoms with Gasteiger partial charge in [-0.3, -0.25) is 4.57 Å². The first kappa shape index (κ1) is 19.3. The highest BCUT2D eigenvalue weighted by Gasteiger charge is 2.33. The van der Waals surface area contributed by atoms with Crippen LogP contribution >= 0.6 is 0 Å². The summed E-state index contributed by atoms with van der Waals surface area (Å²) in [4.78, 5) is 8.80. The second-order valence-corrected chi connectivity index (χ2v) is 6.89. The van der Waals surface area contributed by atoms with Crippen LogP contribution in [-0.2, 0) is 17.9 Å². The van der Waals surface area contributed by atoms with Crippen molar-refractivity contribution in [3.63, 3.8) is 0 Å². The molecule has 0 aliphatic carbocycles. The topological polar surface area (TPSA) is 93.0 Å². The van der Waals surface area contributed by atoms with E-state index in [-0.39, 0.29) is 18.9 Å². The number of rotatable bonds is 4. The minimum absolute atomic E-state index is 0.169. The smallest absolute Gasteiger partial charge is 0.443 e. The van der Waals surface area contributed by atoms with E-state index >= 15 is 0 Å². The maximum atomic E-state index is 12.8. The Hall–Kier alpha value is -3.67. The number of aryl methyl sites for hydroxylation is 1. The Morgan fingerprint density at radius 2 is 2.06 bits per heavy atom. The van der Waals surface area contributed by atoms with E-state index < -0.39 is 6.36 Å². The van der Waals surface area contributed by atoms with Crippen LogP contribution in [0.25, 0.3) is 28.7 Å². The zero-order chi connectivity index (χ0) is 21.8. The van der Waals surface area contributed by atoms with E-state index in [1.54, 1.807) is 22.4 Å². The normalized spacial score (nSPS) is 12.8. The van der Waals surface area contributed by atoms with Crippen LogP contribution in [0.1, 0.15) is 17.2 Å². The van der Waals surface area contributed by atoms with E-state index in [2.05, 4.69) is 24.9 Å². The lowest BCUT2D eigenvalue weighted by atomic mass is 10.1. The Kier molecular flexibility index (Phi) is 4.32. The van der Waals surface area contributed by atoms with E-state index in [1.807, 2.05) is 0 Å². The van der Waals surface area contributed by atoms with Gasteiger partial charge in [0.05, 0.1) is 23.6 Å². The third-order valence-electron chi connectivity index (χ3n) is 4.80. The molecule has 1 aliphatic rings. The molecule has 0 bridgehead atoms. The van der Waals surface area contributed by atoms with E-state index in [0.717, 1.165) is 0 Å². The number of benzene rings is 1. The molecule has 3 aromatic heterocycles. The van der Waals surface area contributed by atoms with Crippen LogP contribution in [0.5, 0.6) is 5.75 Å². The summed E-state index contributed by atoms with van der Waals surface area (Å²) in [6.07, 6.45) is -1.72. The molecule has 1 aromatic carbocycles. The molecule has 0 atom stereocenters. The molecule has 4 aromatic rings. The summed E-state index contributed by atoms with van der Waals surface area (Å²) in [5, 5.41) is 8.36. The number of halogens is 3. The summed E-state index contributed by atoms with van der Waals surface area (Å²) >= 11 is 0. The Bertz CT molecular complexity index is 1270. The molecule has 4 heterocycles. The first-order valence-corrected chi connectivity index (χ1v) is 9.14. The maximum absolute atomic E-state index is 12.8. The van der Waals surface area contributed by atoms with Crippen molar-refractivity contribution in [3.8, 4) is 34.4 Å². The number of methoxy groups -OCH3 is 1. The van der Waals surface area contributed by atoms with Crippen molar-refractivity contribution in [1.29, 1.82) is 0 Å². The SMILES string of the molecule is COCc1nnc2n1Cc1c(-c3nc(C)co3)ncn1-c1ccc(OC(F)(F)F)cc1-2. The number of aromatic nitrogens is 6. The average Bonchev–Trinajstić information content (AvgIpc) is 3.39. The van der Waals surface area contributed by atoms with Gasteiger partial charge in [0.15, 0.2) is 11.6 Å². The van der Waals surface area contributed by atoms with Gasteiger partial charge in [0.1, 0.15) is 30.6 Å². The van der Waals surface area contributed by atoms with Gasteiger partial charge in [-0.2, -0.15) is 0 Å². The van der Waals surface area contributed by atoms with Gasteiger partial charge in [0.25, 0.3) is 0 Å². The molecule has 0 unspecified atom stereocenters. The average molecular weight is 432 g/mol. The second kappa shape index (κ2) is 6.94. The predicted molar refractivity (Wildman–Crippen MR) is 99.3 cm³/mol. The molecular formula is C19H15F3N6O3. The molecule has 9 nitrogen and oxygen atoms in total. The first-order chi connectivity index (χ1) is 14.8. The molecule has 1 aliphatic heterocycles. The van der Waals surface area contributed by atoms with Gasteiger partial charge in [-0.25, -0.2) is 9.97 Å². The first-order valence-electron chi connectivity index (χ1n) is 9.14. The van der Waals surface area contributed by atoms with Crippen LogP contribution in [0.15, 0.2) is 35.2 Å². The number of oxazole rings is 1. The number of imidazole rings is 1. The molecule has 0 spiro atoms. The molecule has 5 rings (SSSR count). The molecular weight excluding hydrogens is 417 g/mol. The van der Waals surface area contributed by atoms with Gasteiger partial charge < -0.3 is 18.5 Å². The highest BCUT2D eigenvalue weighted by atomic mass is 19.4. The summed E-state index contributed by atoms with van der Waals surface area (Å²) in [7, 11) is 1.52. The van der Waals surface area contributed by atoms with Crippen LogP contribution in [0.4, 0.5) is 13.2 Å². The van der Waals surface area contributed by atoms with Crippen LogP contribution in [0, 0.1) is 6.92 Å². The maximum Gasteiger partial charge on any atom is 0.573 e. The predicted octanol–water partition coefficient (Wildman–Crippen LogP) is 3.50. The summed E-state index contributed by atoms with van der Waals surface area (Å²) in [6, 6.07) is 4.05. The van der Waals surface area contributed by atoms with Crippen LogP contribution in [0.2, 0.25) is 0 Å². The largest absolute Gasteiger partial charge is 0.573 e. The lowest BCUT2D eigenvalue weighted by Gasteiger charge is -2.13. The Labute approximate surface area is 173 Å². The summed E-state index contributed by atoms with van der Waals surface area (Å²) in [6.45, 7) is 2.25. The summed E-state index contributed by atoms with van der Waals surface area (Å²) < 4.78 is 56.7. The molecule has 0 saturated heterocycles. The number of nitrogens with zero attached hydrogens (tertiary/aromatic N) is 6. The fourth-order valence-corrected chi connectivity index (χ4v) is 3.56. The Balaban J connectivity index is 1.73. The zero-order valence-corrected chi connectivity index (χ0v) is 16.3. The molecule has 12 heteroatoms. The fourth-order valence-electron chi connectivity index (χ4n) is 3.56. The van der Waals surface area contributed by atoms with Gasteiger partial charge in [-0.15, -0.1) is 23.4 Å². The highest BCUT2D eigenvalue weighted by Crippen LogP contribution is 2.37. The van der Waals surface area contributed by atoms with Crippen molar-refractivity contribution in [2.45, 2.75) is 26.4 Å². The molecule has 0 amide bonds. The standard InChI is InChI=1S/C19H15F3N6O3/c1-10-7-30-18(24-10)16-14-6-27-15(8-29-2)25-26-17(27)12-5-11(31-19(20,21)22)3-4-13(12)28(14)9-23-16/h3-5,7,9H,6,8H2,1-2H3. The molecule has 0 fully saturated rings. The monoisotopic (exact) mass is 432 g/mol. The highest BCUT2D eigenvalue weighted by molar-refractivity contribution is 5.72. The van der Waals surface area contributed by atoms with Gasteiger partial charge in [-0.1, -0.05) is 0 Å². The van der Waals surface area contributed by atoms with Gasteiger partial charge in [0, 0.05) is 12.7 Å². The van der Waals surface area contributed by atoms with Crippen molar-refractivity contribution in [3.05, 3.63) is 48.0 Å². The van der Waals surface area contributed by atoms with Crippen molar-refractivity contribution in [2.75, 3.05) is 7.11 Å². The Morgan fingerprint density at radius 3 is 2.77 bits per heavy atom. The van der Waals surface area contributed by atoms with E-state index in [1.165, 1.54) is 31.6 Å². The zero-order valence-electron chi connectivity index (χ0n) is 16.3. The van der Waals surface area contributed by atoms with Crippen molar-refractivity contribution >= 4 is 0 Å². The molecule has 0 radical (unpaired) electrons. The molecule has 31 heavy (non-hydrogen) atoms. The lowest BCUT2D eigenvalue weighted by Crippen LogP contribution is -2.17. The van der Waals surface area contributed by atoms with Crippen molar-refractivity contribution < 1.29 is 27.1 Å². The minimum atomic E-state index is -4.82. The fraction of sp³-hybridized carbons (Fsp3) is 0.263. The number of hydrogen-bond donors (Lipinski definition) is 0. The molecule has 160 valence electrons. The van der Waals surface area contributed by atoms with Crippen LogP contribution in [0.3, 0.4) is 0 Å². The van der Waals surface area contributed by atoms with Crippen molar-refractivity contribution in [1.82, 2.24) is 29.3 Å². The number of ether oxygens (including phenoxy) is 2. The third kappa shape index (κ3) is 3.34. The number of alkyl halides is 3. The number of hydrogen-bond acceptors (Lipinski definition) is 7. The van der Waals surface area contributed by atoms with E-state index in [0.29, 0.717) is 45.9 Å². The summed E-state index contributed by atoms with van der Waals surface area (Å²) in [5.74, 6) is 0.874. The third-order valence-corrected chi connectivity index (χ3v) is 4.80. The van der Waals surface area contributed by atoms with Gasteiger partial charge in [0.2, 0.25) is 5.89 Å². The summed E-state index contributed by atoms with van der Waals surface area (Å²) in [5.41, 5.74) is 2.90. The van der Waals surface area contributed by atoms with Crippen LogP contribution in [-0.4, -0.2) is 42.8 Å². The molecule has 0 saturated carbocycles. The van der Waals surface area contributed by atoms with Crippen LogP contribution < -0.4 is 4.74 Å². The Morgan fingerprint density at radius 1 is 1.23 bits per heavy atom. The molecule has 0 N–H and O–H groups in total.